The normalized spacial score (nSPS) is 23.9. The molecule has 2 heterocycles. The van der Waals surface area contributed by atoms with Crippen LogP contribution in [0.5, 0.6) is 5.75 Å². The summed E-state index contributed by atoms with van der Waals surface area (Å²) in [4.78, 5) is 17.6. The Morgan fingerprint density at radius 3 is 2.33 bits per heavy atom. The van der Waals surface area contributed by atoms with Crippen molar-refractivity contribution in [1.29, 1.82) is 0 Å². The highest BCUT2D eigenvalue weighted by Crippen LogP contribution is 2.27. The van der Waals surface area contributed by atoms with E-state index in [9.17, 15) is 9.90 Å². The highest BCUT2D eigenvalue weighted by Gasteiger charge is 2.35. The number of likely N-dealkylation sites (tertiary alicyclic amines) is 2. The molecule has 0 saturated carbocycles. The van der Waals surface area contributed by atoms with Gasteiger partial charge < -0.3 is 9.84 Å². The Labute approximate surface area is 179 Å². The van der Waals surface area contributed by atoms with Crippen LogP contribution in [0.25, 0.3) is 0 Å². The van der Waals surface area contributed by atoms with Crippen molar-refractivity contribution in [3.63, 3.8) is 0 Å². The van der Waals surface area contributed by atoms with Gasteiger partial charge in [0.15, 0.2) is 5.78 Å². The summed E-state index contributed by atoms with van der Waals surface area (Å²) in [5.41, 5.74) is 2.06. The zero-order valence-corrected chi connectivity index (χ0v) is 17.7. The smallest absolute Gasteiger partial charge is 0.166 e. The summed E-state index contributed by atoms with van der Waals surface area (Å²) < 4.78 is 5.18. The minimum atomic E-state index is -0.337. The van der Waals surface area contributed by atoms with Crippen LogP contribution in [0, 0.1) is 5.92 Å². The topological polar surface area (TPSA) is 53.0 Å². The second-order valence-electron chi connectivity index (χ2n) is 8.55. The van der Waals surface area contributed by atoms with Gasteiger partial charge in [0.1, 0.15) is 5.75 Å². The number of piperidine rings is 2. The lowest BCUT2D eigenvalue weighted by molar-refractivity contribution is -0.0251. The lowest BCUT2D eigenvalue weighted by Gasteiger charge is -2.44. The van der Waals surface area contributed by atoms with Crippen molar-refractivity contribution in [2.75, 3.05) is 33.3 Å². The maximum Gasteiger partial charge on any atom is 0.166 e. The van der Waals surface area contributed by atoms with Gasteiger partial charge in [-0.25, -0.2) is 0 Å². The summed E-state index contributed by atoms with van der Waals surface area (Å²) in [6, 6.07) is 18.1. The molecule has 1 N–H and O–H groups in total. The number of hydrogen-bond donors (Lipinski definition) is 1. The highest BCUT2D eigenvalue weighted by molar-refractivity contribution is 5.98. The standard InChI is InChI=1S/C25H32N2O3/c1-30-22-9-7-20(8-10-22)25(29)21-11-15-27(16-12-21)23-13-14-26(18-24(23)28)17-19-5-3-2-4-6-19/h2-10,21,23-24,28H,11-18H2,1H3/t23-,24+/m0/s1. The number of ketones is 1. The largest absolute Gasteiger partial charge is 0.497 e. The lowest BCUT2D eigenvalue weighted by Crippen LogP contribution is -2.55. The van der Waals surface area contributed by atoms with Gasteiger partial charge in [0, 0.05) is 37.2 Å². The Morgan fingerprint density at radius 1 is 1.00 bits per heavy atom. The molecule has 0 aromatic heterocycles. The van der Waals surface area contributed by atoms with Gasteiger partial charge in [0.25, 0.3) is 0 Å². The first-order valence-electron chi connectivity index (χ1n) is 11.0. The number of benzene rings is 2. The number of ether oxygens (including phenoxy) is 1. The number of carbonyl (C=O) groups excluding carboxylic acids is 1. The molecule has 160 valence electrons. The first kappa shape index (κ1) is 21.0. The van der Waals surface area contributed by atoms with E-state index in [1.54, 1.807) is 7.11 Å². The molecule has 30 heavy (non-hydrogen) atoms. The number of aliphatic hydroxyl groups is 1. The van der Waals surface area contributed by atoms with Crippen LogP contribution in [-0.4, -0.2) is 66.1 Å². The van der Waals surface area contributed by atoms with Crippen molar-refractivity contribution < 1.29 is 14.6 Å². The summed E-state index contributed by atoms with van der Waals surface area (Å²) in [7, 11) is 1.63. The maximum absolute atomic E-state index is 12.8. The van der Waals surface area contributed by atoms with Crippen LogP contribution in [0.3, 0.4) is 0 Å². The predicted molar refractivity (Wildman–Crippen MR) is 118 cm³/mol. The van der Waals surface area contributed by atoms with E-state index in [1.165, 1.54) is 5.56 Å². The lowest BCUT2D eigenvalue weighted by atomic mass is 9.87. The average Bonchev–Trinajstić information content (AvgIpc) is 2.80. The van der Waals surface area contributed by atoms with Crippen molar-refractivity contribution in [3.05, 3.63) is 65.7 Å². The van der Waals surface area contributed by atoms with Crippen LogP contribution in [0.2, 0.25) is 0 Å². The maximum atomic E-state index is 12.8. The minimum absolute atomic E-state index is 0.0740. The number of carbonyl (C=O) groups is 1. The van der Waals surface area contributed by atoms with Crippen LogP contribution in [0.1, 0.15) is 35.2 Å². The van der Waals surface area contributed by atoms with E-state index < -0.39 is 0 Å². The first-order chi connectivity index (χ1) is 14.6. The van der Waals surface area contributed by atoms with Gasteiger partial charge in [-0.2, -0.15) is 0 Å². The third-order valence-electron chi connectivity index (χ3n) is 6.62. The zero-order valence-electron chi connectivity index (χ0n) is 17.7. The van der Waals surface area contributed by atoms with Gasteiger partial charge >= 0.3 is 0 Å². The Kier molecular flexibility index (Phi) is 6.82. The molecule has 2 aromatic rings. The minimum Gasteiger partial charge on any atom is -0.497 e. The summed E-state index contributed by atoms with van der Waals surface area (Å²) in [6.45, 7) is 4.37. The zero-order chi connectivity index (χ0) is 20.9. The van der Waals surface area contributed by atoms with E-state index in [4.69, 9.17) is 4.74 Å². The first-order valence-corrected chi connectivity index (χ1v) is 11.0. The quantitative estimate of drug-likeness (QED) is 0.744. The van der Waals surface area contributed by atoms with Gasteiger partial charge in [-0.1, -0.05) is 30.3 Å². The van der Waals surface area contributed by atoms with E-state index >= 15 is 0 Å². The van der Waals surface area contributed by atoms with Crippen molar-refractivity contribution in [3.8, 4) is 5.75 Å². The number of rotatable bonds is 6. The fourth-order valence-electron chi connectivity index (χ4n) is 4.88. The van der Waals surface area contributed by atoms with Crippen molar-refractivity contribution in [2.45, 2.75) is 38.0 Å². The Balaban J connectivity index is 1.27. The Bertz CT molecular complexity index is 816. The van der Waals surface area contributed by atoms with Crippen molar-refractivity contribution in [2.24, 2.45) is 5.92 Å². The van der Waals surface area contributed by atoms with Gasteiger partial charge in [-0.15, -0.1) is 0 Å². The Hall–Kier alpha value is -2.21. The molecule has 0 aliphatic carbocycles. The number of methoxy groups -OCH3 is 1. The molecule has 0 bridgehead atoms. The monoisotopic (exact) mass is 408 g/mol. The second kappa shape index (κ2) is 9.73. The summed E-state index contributed by atoms with van der Waals surface area (Å²) >= 11 is 0. The van der Waals surface area contributed by atoms with E-state index in [0.29, 0.717) is 6.54 Å². The van der Waals surface area contributed by atoms with Gasteiger partial charge in [0.2, 0.25) is 0 Å². The molecule has 2 aliphatic heterocycles. The molecule has 0 spiro atoms. The number of nitrogens with zero attached hydrogens (tertiary/aromatic N) is 2. The number of Topliss-reactive ketones (excluding diaryl/α,β-unsaturated/α-hetero) is 1. The second-order valence-corrected chi connectivity index (χ2v) is 8.55. The number of β-amino-alcohol motifs (C(OH)–C–C–N with tert-alkyl or cyclic N) is 1. The fourth-order valence-corrected chi connectivity index (χ4v) is 4.88. The van der Waals surface area contributed by atoms with E-state index in [2.05, 4.69) is 34.1 Å². The highest BCUT2D eigenvalue weighted by atomic mass is 16.5. The summed E-state index contributed by atoms with van der Waals surface area (Å²) in [5, 5.41) is 10.8. The number of hydrogen-bond acceptors (Lipinski definition) is 5. The molecule has 4 rings (SSSR count). The molecule has 5 nitrogen and oxygen atoms in total. The van der Waals surface area contributed by atoms with Crippen LogP contribution in [-0.2, 0) is 6.54 Å². The molecule has 2 fully saturated rings. The van der Waals surface area contributed by atoms with E-state index in [0.717, 1.165) is 56.8 Å². The van der Waals surface area contributed by atoms with Crippen LogP contribution in [0.4, 0.5) is 0 Å². The average molecular weight is 409 g/mol. The van der Waals surface area contributed by atoms with E-state index in [1.807, 2.05) is 30.3 Å². The van der Waals surface area contributed by atoms with Gasteiger partial charge in [-0.05, 0) is 62.2 Å². The third-order valence-corrected chi connectivity index (χ3v) is 6.62. The Morgan fingerprint density at radius 2 is 1.70 bits per heavy atom. The number of aliphatic hydroxyl groups excluding tert-OH is 1. The van der Waals surface area contributed by atoms with Gasteiger partial charge in [0.05, 0.1) is 13.2 Å². The SMILES string of the molecule is COc1ccc(C(=O)C2CCN([C@H]3CCN(Cc4ccccc4)C[C@H]3O)CC2)cc1. The molecular weight excluding hydrogens is 376 g/mol. The molecule has 0 unspecified atom stereocenters. The summed E-state index contributed by atoms with van der Waals surface area (Å²) in [5.74, 6) is 1.08. The van der Waals surface area contributed by atoms with Crippen LogP contribution >= 0.6 is 0 Å². The van der Waals surface area contributed by atoms with Crippen molar-refractivity contribution in [1.82, 2.24) is 9.80 Å². The molecular formula is C25H32N2O3. The van der Waals surface area contributed by atoms with Crippen LogP contribution < -0.4 is 4.74 Å². The van der Waals surface area contributed by atoms with Gasteiger partial charge in [-0.3, -0.25) is 14.6 Å². The van der Waals surface area contributed by atoms with E-state index in [-0.39, 0.29) is 23.8 Å². The molecule has 2 aliphatic rings. The summed E-state index contributed by atoms with van der Waals surface area (Å²) in [6.07, 6.45) is 2.37. The molecule has 2 saturated heterocycles. The third kappa shape index (κ3) is 4.91. The van der Waals surface area contributed by atoms with Crippen molar-refractivity contribution >= 4 is 5.78 Å². The molecule has 0 radical (unpaired) electrons. The predicted octanol–water partition coefficient (Wildman–Crippen LogP) is 3.23. The van der Waals surface area contributed by atoms with Crippen LogP contribution in [0.15, 0.2) is 54.6 Å². The fraction of sp³-hybridized carbons (Fsp3) is 0.480. The molecule has 2 atom stereocenters. The molecule has 2 aromatic carbocycles. The molecule has 0 amide bonds. The molecule has 5 heteroatoms.